The molecule has 0 spiro atoms. The van der Waals surface area contributed by atoms with Crippen LogP contribution in [0.4, 0.5) is 10.1 Å². The maximum absolute atomic E-state index is 13.9. The number of halogens is 2. The Labute approximate surface area is 189 Å². The van der Waals surface area contributed by atoms with E-state index < -0.39 is 5.91 Å². The molecule has 0 aromatic heterocycles. The molecular weight excluding hydrogens is 459 g/mol. The minimum atomic E-state index is -0.517. The number of nitrogens with one attached hydrogen (secondary N) is 1. The highest BCUT2D eigenvalue weighted by molar-refractivity contribution is 9.10. The van der Waals surface area contributed by atoms with Crippen LogP contribution in [0.25, 0.3) is 6.08 Å². The van der Waals surface area contributed by atoms with E-state index in [0.717, 1.165) is 15.6 Å². The molecule has 1 N–H and O–H groups in total. The van der Waals surface area contributed by atoms with E-state index in [0.29, 0.717) is 22.6 Å². The van der Waals surface area contributed by atoms with Gasteiger partial charge in [-0.25, -0.2) is 4.39 Å². The summed E-state index contributed by atoms with van der Waals surface area (Å²) in [5.41, 5.74) is 3.41. The number of hydrogen-bond acceptors (Lipinski definition) is 3. The van der Waals surface area contributed by atoms with Crippen LogP contribution in [0.1, 0.15) is 22.3 Å². The summed E-state index contributed by atoms with van der Waals surface area (Å²) in [6, 6.07) is 19.2. The first kappa shape index (κ1) is 22.3. The number of hydrogen-bond donors (Lipinski definition) is 1. The fourth-order valence-electron chi connectivity index (χ4n) is 2.90. The zero-order valence-electron chi connectivity index (χ0n) is 17.1. The number of nitrogens with zero attached hydrogens (tertiary/aromatic N) is 1. The minimum Gasteiger partial charge on any atom is -0.488 e. The summed E-state index contributed by atoms with van der Waals surface area (Å²) in [5.74, 6) is -0.447. The maximum atomic E-state index is 13.9. The van der Waals surface area contributed by atoms with Crippen molar-refractivity contribution in [2.45, 2.75) is 20.5 Å². The van der Waals surface area contributed by atoms with Gasteiger partial charge in [-0.3, -0.25) is 4.79 Å². The van der Waals surface area contributed by atoms with E-state index in [9.17, 15) is 14.4 Å². The molecule has 3 aromatic rings. The molecule has 6 heteroatoms. The van der Waals surface area contributed by atoms with Crippen LogP contribution in [0, 0.1) is 31.0 Å². The van der Waals surface area contributed by atoms with Crippen molar-refractivity contribution >= 4 is 33.6 Å². The number of carbonyl (C=O) groups excluding carboxylic acids is 1. The van der Waals surface area contributed by atoms with E-state index in [2.05, 4.69) is 21.2 Å². The van der Waals surface area contributed by atoms with Crippen LogP contribution in [-0.2, 0) is 11.4 Å². The van der Waals surface area contributed by atoms with E-state index in [1.165, 1.54) is 12.1 Å². The SMILES string of the molecule is Cc1ccc(C)c(NC(=O)/C(C#N)=C/c2cc(Br)ccc2OCc2ccccc2F)c1. The van der Waals surface area contributed by atoms with Gasteiger partial charge in [-0.1, -0.05) is 46.3 Å². The summed E-state index contributed by atoms with van der Waals surface area (Å²) in [6.07, 6.45) is 1.46. The Balaban J connectivity index is 1.86. The van der Waals surface area contributed by atoms with E-state index in [-0.39, 0.29) is 18.0 Å². The molecule has 3 rings (SSSR count). The fourth-order valence-corrected chi connectivity index (χ4v) is 3.28. The highest BCUT2D eigenvalue weighted by Crippen LogP contribution is 2.27. The molecule has 0 saturated heterocycles. The molecule has 0 bridgehead atoms. The topological polar surface area (TPSA) is 62.1 Å². The number of rotatable bonds is 6. The molecule has 0 radical (unpaired) electrons. The lowest BCUT2D eigenvalue weighted by molar-refractivity contribution is -0.112. The molecule has 1 amide bonds. The van der Waals surface area contributed by atoms with Crippen molar-refractivity contribution in [3.63, 3.8) is 0 Å². The second-order valence-electron chi connectivity index (χ2n) is 7.00. The molecular formula is C25H20BrFN2O2. The summed E-state index contributed by atoms with van der Waals surface area (Å²) >= 11 is 3.40. The second kappa shape index (κ2) is 10.1. The van der Waals surface area contributed by atoms with E-state index in [1.54, 1.807) is 36.4 Å². The molecule has 31 heavy (non-hydrogen) atoms. The van der Waals surface area contributed by atoms with Crippen LogP contribution >= 0.6 is 15.9 Å². The van der Waals surface area contributed by atoms with Gasteiger partial charge in [0.25, 0.3) is 5.91 Å². The van der Waals surface area contributed by atoms with Gasteiger partial charge in [-0.05, 0) is 61.4 Å². The minimum absolute atomic E-state index is 0.0196. The molecule has 0 atom stereocenters. The number of ether oxygens (including phenoxy) is 1. The van der Waals surface area contributed by atoms with Crippen LogP contribution < -0.4 is 10.1 Å². The number of carbonyl (C=O) groups is 1. The molecule has 3 aromatic carbocycles. The molecule has 0 aliphatic carbocycles. The second-order valence-corrected chi connectivity index (χ2v) is 7.92. The van der Waals surface area contributed by atoms with Crippen LogP contribution in [0.5, 0.6) is 5.75 Å². The van der Waals surface area contributed by atoms with Gasteiger partial charge in [0, 0.05) is 21.3 Å². The van der Waals surface area contributed by atoms with Gasteiger partial charge in [0.05, 0.1) is 0 Å². The predicted octanol–water partition coefficient (Wildman–Crippen LogP) is 6.33. The summed E-state index contributed by atoms with van der Waals surface area (Å²) in [7, 11) is 0. The summed E-state index contributed by atoms with van der Waals surface area (Å²) in [5, 5.41) is 12.4. The van der Waals surface area contributed by atoms with E-state index in [4.69, 9.17) is 4.74 Å². The van der Waals surface area contributed by atoms with Crippen molar-refractivity contribution in [2.75, 3.05) is 5.32 Å². The first-order valence-electron chi connectivity index (χ1n) is 9.53. The Morgan fingerprint density at radius 2 is 1.94 bits per heavy atom. The average Bonchev–Trinajstić information content (AvgIpc) is 2.75. The van der Waals surface area contributed by atoms with Crippen molar-refractivity contribution in [1.82, 2.24) is 0 Å². The zero-order chi connectivity index (χ0) is 22.4. The van der Waals surface area contributed by atoms with Crippen LogP contribution in [0.3, 0.4) is 0 Å². The summed E-state index contributed by atoms with van der Waals surface area (Å²) in [4.78, 5) is 12.7. The molecule has 0 fully saturated rings. The Bertz CT molecular complexity index is 1200. The smallest absolute Gasteiger partial charge is 0.266 e. The average molecular weight is 479 g/mol. The normalized spacial score (nSPS) is 11.0. The number of nitriles is 1. The van der Waals surface area contributed by atoms with Crippen molar-refractivity contribution in [1.29, 1.82) is 5.26 Å². The van der Waals surface area contributed by atoms with Crippen molar-refractivity contribution in [3.8, 4) is 11.8 Å². The number of amides is 1. The summed E-state index contributed by atoms with van der Waals surface area (Å²) in [6.45, 7) is 3.83. The predicted molar refractivity (Wildman–Crippen MR) is 123 cm³/mol. The standard InChI is InChI=1S/C25H20BrFN2O2/c1-16-7-8-17(2)23(11-16)29-25(30)20(14-28)12-19-13-21(26)9-10-24(19)31-15-18-5-3-4-6-22(18)27/h3-13H,15H2,1-2H3,(H,29,30)/b20-12+. The number of anilines is 1. The first-order valence-corrected chi connectivity index (χ1v) is 10.3. The Hall–Kier alpha value is -3.43. The van der Waals surface area contributed by atoms with E-state index in [1.807, 2.05) is 38.1 Å². The lowest BCUT2D eigenvalue weighted by Crippen LogP contribution is -2.14. The molecule has 0 aliphatic heterocycles. The largest absolute Gasteiger partial charge is 0.488 e. The van der Waals surface area contributed by atoms with Crippen LogP contribution in [0.2, 0.25) is 0 Å². The third kappa shape index (κ3) is 5.80. The Kier molecular flexibility index (Phi) is 7.22. The zero-order valence-corrected chi connectivity index (χ0v) is 18.7. The van der Waals surface area contributed by atoms with Gasteiger partial charge in [0.15, 0.2) is 0 Å². The van der Waals surface area contributed by atoms with Gasteiger partial charge < -0.3 is 10.1 Å². The van der Waals surface area contributed by atoms with Gasteiger partial charge in [-0.15, -0.1) is 0 Å². The van der Waals surface area contributed by atoms with Crippen LogP contribution in [-0.4, -0.2) is 5.91 Å². The molecule has 0 aliphatic rings. The third-order valence-electron chi connectivity index (χ3n) is 4.62. The highest BCUT2D eigenvalue weighted by Gasteiger charge is 2.13. The highest BCUT2D eigenvalue weighted by atomic mass is 79.9. The Morgan fingerprint density at radius 3 is 2.68 bits per heavy atom. The number of aryl methyl sites for hydroxylation is 2. The lowest BCUT2D eigenvalue weighted by Gasteiger charge is -2.12. The number of benzene rings is 3. The monoisotopic (exact) mass is 478 g/mol. The van der Waals surface area contributed by atoms with Crippen molar-refractivity contribution in [3.05, 3.63) is 98.8 Å². The maximum Gasteiger partial charge on any atom is 0.266 e. The van der Waals surface area contributed by atoms with Gasteiger partial charge in [-0.2, -0.15) is 5.26 Å². The molecule has 4 nitrogen and oxygen atoms in total. The van der Waals surface area contributed by atoms with Crippen molar-refractivity contribution in [2.24, 2.45) is 0 Å². The van der Waals surface area contributed by atoms with E-state index >= 15 is 0 Å². The van der Waals surface area contributed by atoms with Crippen molar-refractivity contribution < 1.29 is 13.9 Å². The molecule has 156 valence electrons. The quantitative estimate of drug-likeness (QED) is 0.332. The summed E-state index contributed by atoms with van der Waals surface area (Å²) < 4.78 is 20.4. The third-order valence-corrected chi connectivity index (χ3v) is 5.11. The van der Waals surface area contributed by atoms with Gasteiger partial charge in [0.2, 0.25) is 0 Å². The fraction of sp³-hybridized carbons (Fsp3) is 0.120. The Morgan fingerprint density at radius 1 is 1.16 bits per heavy atom. The molecule has 0 heterocycles. The van der Waals surface area contributed by atoms with Crippen LogP contribution in [0.15, 0.2) is 70.7 Å². The van der Waals surface area contributed by atoms with Gasteiger partial charge >= 0.3 is 0 Å². The van der Waals surface area contributed by atoms with Gasteiger partial charge in [0.1, 0.15) is 29.8 Å². The lowest BCUT2D eigenvalue weighted by atomic mass is 10.1. The first-order chi connectivity index (χ1) is 14.9. The molecule has 0 unspecified atom stereocenters. The molecule has 0 saturated carbocycles.